The minimum Gasteiger partial charge on any atom is -0.351 e. The van der Waals surface area contributed by atoms with Crippen molar-refractivity contribution >= 4 is 27.7 Å². The minimum absolute atomic E-state index is 0.0413. The van der Waals surface area contributed by atoms with Gasteiger partial charge in [-0.05, 0) is 57.4 Å². The van der Waals surface area contributed by atoms with Crippen LogP contribution in [0, 0.1) is 0 Å². The molecule has 0 heterocycles. The highest BCUT2D eigenvalue weighted by molar-refractivity contribution is 7.98. The number of thioether (sulfide) groups is 1. The molecule has 6 nitrogen and oxygen atoms in total. The maximum absolute atomic E-state index is 12.6. The number of rotatable bonds is 12. The SMILES string of the molecule is CCS(=O)(=O)NC(CCSC)C(=O)NCc1ccccc1CN(C)C(C)C. The molecule has 1 aromatic rings. The highest BCUT2D eigenvalue weighted by Crippen LogP contribution is 2.13. The van der Waals surface area contributed by atoms with Crippen LogP contribution in [0.2, 0.25) is 0 Å². The van der Waals surface area contributed by atoms with Crippen molar-refractivity contribution < 1.29 is 13.2 Å². The Morgan fingerprint density at radius 1 is 1.22 bits per heavy atom. The number of amides is 1. The van der Waals surface area contributed by atoms with E-state index in [0.717, 1.165) is 17.7 Å². The van der Waals surface area contributed by atoms with Crippen LogP contribution in [0.4, 0.5) is 0 Å². The third-order valence-electron chi connectivity index (χ3n) is 4.50. The van der Waals surface area contributed by atoms with Crippen LogP contribution in [-0.2, 0) is 27.9 Å². The highest BCUT2D eigenvalue weighted by Gasteiger charge is 2.23. The number of hydrogen-bond acceptors (Lipinski definition) is 5. The monoisotopic (exact) mass is 415 g/mol. The lowest BCUT2D eigenvalue weighted by Gasteiger charge is -2.23. The molecule has 0 spiro atoms. The van der Waals surface area contributed by atoms with Crippen LogP contribution < -0.4 is 10.0 Å². The second kappa shape index (κ2) is 11.7. The fourth-order valence-electron chi connectivity index (χ4n) is 2.42. The zero-order valence-electron chi connectivity index (χ0n) is 17.0. The summed E-state index contributed by atoms with van der Waals surface area (Å²) < 4.78 is 26.3. The predicted octanol–water partition coefficient (Wildman–Crippen LogP) is 2.20. The largest absolute Gasteiger partial charge is 0.351 e. The molecule has 1 amide bonds. The van der Waals surface area contributed by atoms with Gasteiger partial charge in [-0.3, -0.25) is 9.69 Å². The van der Waals surface area contributed by atoms with Crippen LogP contribution in [0.15, 0.2) is 24.3 Å². The number of carbonyl (C=O) groups excluding carboxylic acids is 1. The maximum Gasteiger partial charge on any atom is 0.238 e. The Morgan fingerprint density at radius 3 is 2.41 bits per heavy atom. The van der Waals surface area contributed by atoms with E-state index in [1.807, 2.05) is 24.5 Å². The Hall–Kier alpha value is -1.09. The first kappa shape index (κ1) is 23.9. The Labute approximate surface area is 168 Å². The van der Waals surface area contributed by atoms with E-state index >= 15 is 0 Å². The van der Waals surface area contributed by atoms with Crippen LogP contribution in [0.3, 0.4) is 0 Å². The molecule has 27 heavy (non-hydrogen) atoms. The van der Waals surface area contributed by atoms with Crippen LogP contribution in [0.25, 0.3) is 0 Å². The summed E-state index contributed by atoms with van der Waals surface area (Å²) in [6.45, 7) is 7.01. The van der Waals surface area contributed by atoms with Gasteiger partial charge in [-0.25, -0.2) is 13.1 Å². The van der Waals surface area contributed by atoms with Crippen molar-refractivity contribution in [2.45, 2.75) is 52.4 Å². The Kier molecular flexibility index (Phi) is 10.4. The van der Waals surface area contributed by atoms with Crippen molar-refractivity contribution in [1.82, 2.24) is 14.9 Å². The molecular weight excluding hydrogens is 382 g/mol. The first-order valence-corrected chi connectivity index (χ1v) is 12.3. The van der Waals surface area contributed by atoms with Gasteiger partial charge in [-0.15, -0.1) is 0 Å². The summed E-state index contributed by atoms with van der Waals surface area (Å²) in [5.41, 5.74) is 2.20. The van der Waals surface area contributed by atoms with Crippen molar-refractivity contribution in [3.05, 3.63) is 35.4 Å². The summed E-state index contributed by atoms with van der Waals surface area (Å²) in [5, 5.41) is 2.90. The molecule has 1 unspecified atom stereocenters. The van der Waals surface area contributed by atoms with Crippen molar-refractivity contribution in [3.63, 3.8) is 0 Å². The van der Waals surface area contributed by atoms with E-state index in [9.17, 15) is 13.2 Å². The normalized spacial score (nSPS) is 13.1. The van der Waals surface area contributed by atoms with Gasteiger partial charge in [0.05, 0.1) is 5.75 Å². The molecule has 0 bridgehead atoms. The quantitative estimate of drug-likeness (QED) is 0.547. The predicted molar refractivity (Wildman–Crippen MR) is 114 cm³/mol. The number of nitrogens with one attached hydrogen (secondary N) is 2. The van der Waals surface area contributed by atoms with Gasteiger partial charge in [0.25, 0.3) is 0 Å². The molecule has 0 aliphatic heterocycles. The summed E-state index contributed by atoms with van der Waals surface area (Å²) in [5.74, 6) is 0.383. The van der Waals surface area contributed by atoms with Crippen molar-refractivity contribution in [3.8, 4) is 0 Å². The van der Waals surface area contributed by atoms with Gasteiger partial charge in [0.1, 0.15) is 6.04 Å². The minimum atomic E-state index is -3.44. The van der Waals surface area contributed by atoms with Crippen molar-refractivity contribution in [2.24, 2.45) is 0 Å². The molecule has 154 valence electrons. The van der Waals surface area contributed by atoms with Gasteiger partial charge in [0.15, 0.2) is 0 Å². The number of hydrogen-bond donors (Lipinski definition) is 2. The van der Waals surface area contributed by atoms with Gasteiger partial charge in [0, 0.05) is 19.1 Å². The zero-order valence-corrected chi connectivity index (χ0v) is 18.6. The van der Waals surface area contributed by atoms with Crippen LogP contribution in [0.5, 0.6) is 0 Å². The highest BCUT2D eigenvalue weighted by atomic mass is 32.2. The summed E-state index contributed by atoms with van der Waals surface area (Å²) in [6, 6.07) is 7.68. The number of carbonyl (C=O) groups is 1. The molecule has 0 aromatic heterocycles. The molecule has 1 rings (SSSR count). The Morgan fingerprint density at radius 2 is 1.85 bits per heavy atom. The molecule has 0 saturated carbocycles. The van der Waals surface area contributed by atoms with Crippen LogP contribution >= 0.6 is 11.8 Å². The molecule has 0 radical (unpaired) electrons. The van der Waals surface area contributed by atoms with E-state index in [0.29, 0.717) is 24.8 Å². The first-order chi connectivity index (χ1) is 12.7. The molecule has 0 fully saturated rings. The summed E-state index contributed by atoms with van der Waals surface area (Å²) in [7, 11) is -1.37. The third kappa shape index (κ3) is 8.64. The second-order valence-corrected chi connectivity index (χ2v) is 9.88. The maximum atomic E-state index is 12.6. The van der Waals surface area contributed by atoms with Crippen molar-refractivity contribution in [1.29, 1.82) is 0 Å². The van der Waals surface area contributed by atoms with E-state index in [1.165, 1.54) is 0 Å². The van der Waals surface area contributed by atoms with E-state index in [4.69, 9.17) is 0 Å². The molecule has 0 aliphatic carbocycles. The van der Waals surface area contributed by atoms with Gasteiger partial charge in [-0.2, -0.15) is 11.8 Å². The van der Waals surface area contributed by atoms with E-state index in [-0.39, 0.29) is 11.7 Å². The molecule has 1 aromatic carbocycles. The molecule has 1 atom stereocenters. The van der Waals surface area contributed by atoms with Gasteiger partial charge < -0.3 is 5.32 Å². The topological polar surface area (TPSA) is 78.5 Å². The third-order valence-corrected chi connectivity index (χ3v) is 6.55. The van der Waals surface area contributed by atoms with E-state index < -0.39 is 16.1 Å². The fraction of sp³-hybridized carbons (Fsp3) is 0.632. The number of sulfonamides is 1. The summed E-state index contributed by atoms with van der Waals surface area (Å²) in [6.07, 6.45) is 2.40. The fourth-order valence-corrected chi connectivity index (χ4v) is 3.72. The zero-order chi connectivity index (χ0) is 20.4. The standard InChI is InChI=1S/C19H33N3O3S2/c1-6-27(24,25)21-18(11-12-26-5)19(23)20-13-16-9-7-8-10-17(16)14-22(4)15(2)3/h7-10,15,18,21H,6,11-14H2,1-5H3,(H,20,23). The van der Waals surface area contributed by atoms with E-state index in [2.05, 4.69) is 41.9 Å². The van der Waals surface area contributed by atoms with Crippen LogP contribution in [-0.4, -0.2) is 56.1 Å². The van der Waals surface area contributed by atoms with Crippen LogP contribution in [0.1, 0.15) is 38.3 Å². The average Bonchev–Trinajstić information content (AvgIpc) is 2.63. The van der Waals surface area contributed by atoms with Crippen molar-refractivity contribution in [2.75, 3.05) is 24.8 Å². The lowest BCUT2D eigenvalue weighted by molar-refractivity contribution is -0.122. The smallest absolute Gasteiger partial charge is 0.238 e. The van der Waals surface area contributed by atoms with Gasteiger partial charge in [-0.1, -0.05) is 24.3 Å². The van der Waals surface area contributed by atoms with Gasteiger partial charge in [0.2, 0.25) is 15.9 Å². The second-order valence-electron chi connectivity index (χ2n) is 6.85. The summed E-state index contributed by atoms with van der Waals surface area (Å²) in [4.78, 5) is 14.8. The number of benzene rings is 1. The molecule has 2 N–H and O–H groups in total. The lowest BCUT2D eigenvalue weighted by atomic mass is 10.1. The van der Waals surface area contributed by atoms with E-state index in [1.54, 1.807) is 18.7 Å². The average molecular weight is 416 g/mol. The molecular formula is C19H33N3O3S2. The Balaban J connectivity index is 2.80. The first-order valence-electron chi connectivity index (χ1n) is 9.23. The molecule has 0 saturated heterocycles. The van der Waals surface area contributed by atoms with Gasteiger partial charge >= 0.3 is 0 Å². The molecule has 8 heteroatoms. The number of nitrogens with zero attached hydrogens (tertiary/aromatic N) is 1. The summed E-state index contributed by atoms with van der Waals surface area (Å²) >= 11 is 1.59. The lowest BCUT2D eigenvalue weighted by Crippen LogP contribution is -2.47. The Bertz CT molecular complexity index is 693. The molecule has 0 aliphatic rings.